The van der Waals surface area contributed by atoms with E-state index in [4.69, 9.17) is 12.2 Å². The van der Waals surface area contributed by atoms with Gasteiger partial charge < -0.3 is 4.57 Å². The number of allylic oxidation sites excluding steroid dienone is 1. The van der Waals surface area contributed by atoms with Gasteiger partial charge in [0.15, 0.2) is 4.77 Å². The summed E-state index contributed by atoms with van der Waals surface area (Å²) in [5.74, 6) is 0.939. The second-order valence-electron chi connectivity index (χ2n) is 5.97. The number of rotatable bonds is 7. The zero-order valence-corrected chi connectivity index (χ0v) is 15.7. The summed E-state index contributed by atoms with van der Waals surface area (Å²) < 4.78 is 5.84. The van der Waals surface area contributed by atoms with Crippen LogP contribution in [0, 0.1) is 11.7 Å². The first-order valence-electron chi connectivity index (χ1n) is 7.82. The number of hydrogen-bond acceptors (Lipinski definition) is 3. The Morgan fingerprint density at radius 1 is 1.39 bits per heavy atom. The molecule has 0 amide bonds. The van der Waals surface area contributed by atoms with Gasteiger partial charge in [-0.2, -0.15) is 5.10 Å². The Bertz CT molecular complexity index is 743. The lowest BCUT2D eigenvalue weighted by molar-refractivity contribution is 0.186. The molecule has 0 N–H and O–H groups in total. The molecular formula is C17H21BrN4S. The Kier molecular flexibility index (Phi) is 5.14. The van der Waals surface area contributed by atoms with Gasteiger partial charge in [0.25, 0.3) is 0 Å². The van der Waals surface area contributed by atoms with Crippen molar-refractivity contribution in [1.29, 1.82) is 0 Å². The van der Waals surface area contributed by atoms with Crippen molar-refractivity contribution in [1.82, 2.24) is 19.2 Å². The van der Waals surface area contributed by atoms with Crippen LogP contribution in [0.5, 0.6) is 0 Å². The molecule has 1 aromatic heterocycles. The van der Waals surface area contributed by atoms with E-state index in [1.54, 1.807) is 0 Å². The Balaban J connectivity index is 1.78. The molecule has 1 aromatic carbocycles. The number of benzene rings is 1. The molecule has 0 atom stereocenters. The summed E-state index contributed by atoms with van der Waals surface area (Å²) in [5.41, 5.74) is 1.31. The number of halogens is 1. The predicted molar refractivity (Wildman–Crippen MR) is 98.7 cm³/mol. The van der Waals surface area contributed by atoms with Gasteiger partial charge in [0.05, 0.1) is 6.67 Å². The zero-order chi connectivity index (χ0) is 16.4. The van der Waals surface area contributed by atoms with Crippen molar-refractivity contribution in [2.75, 3.05) is 0 Å². The number of hydrogen-bond donors (Lipinski definition) is 0. The minimum absolute atomic E-state index is 0.644. The normalized spacial score (nSPS) is 14.4. The highest BCUT2D eigenvalue weighted by atomic mass is 79.9. The molecule has 122 valence electrons. The molecule has 0 unspecified atom stereocenters. The Morgan fingerprint density at radius 2 is 2.09 bits per heavy atom. The zero-order valence-electron chi connectivity index (χ0n) is 13.3. The minimum Gasteiger partial charge on any atom is -0.300 e. The van der Waals surface area contributed by atoms with E-state index >= 15 is 0 Å². The summed E-state index contributed by atoms with van der Waals surface area (Å²) in [5, 5.41) is 4.61. The lowest BCUT2D eigenvalue weighted by atomic mass is 10.2. The van der Waals surface area contributed by atoms with Gasteiger partial charge in [-0.15, -0.1) is 6.58 Å². The maximum atomic E-state index is 5.57. The van der Waals surface area contributed by atoms with Gasteiger partial charge in [0, 0.05) is 23.6 Å². The molecule has 0 spiro atoms. The van der Waals surface area contributed by atoms with E-state index in [2.05, 4.69) is 56.8 Å². The Labute approximate surface area is 150 Å². The average molecular weight is 393 g/mol. The monoisotopic (exact) mass is 392 g/mol. The molecule has 0 aliphatic heterocycles. The standard InChI is InChI=1S/C17H21BrN4S/c1-3-10-21-13(2)19-22(17(21)23)12-20(16-8-9-16)11-14-4-6-15(18)7-5-14/h3-7,16H,1,8-12H2,2H3. The van der Waals surface area contributed by atoms with Crippen molar-refractivity contribution in [3.05, 3.63) is 57.6 Å². The van der Waals surface area contributed by atoms with Crippen LogP contribution in [0.25, 0.3) is 0 Å². The molecule has 3 rings (SSSR count). The van der Waals surface area contributed by atoms with Gasteiger partial charge in [0.2, 0.25) is 0 Å². The van der Waals surface area contributed by atoms with Crippen molar-refractivity contribution in [3.63, 3.8) is 0 Å². The van der Waals surface area contributed by atoms with Crippen LogP contribution in [0.3, 0.4) is 0 Å². The van der Waals surface area contributed by atoms with E-state index in [0.717, 1.165) is 28.3 Å². The van der Waals surface area contributed by atoms with Crippen LogP contribution in [0.15, 0.2) is 41.4 Å². The van der Waals surface area contributed by atoms with Crippen LogP contribution in [-0.4, -0.2) is 25.3 Å². The molecular weight excluding hydrogens is 372 g/mol. The van der Waals surface area contributed by atoms with Crippen molar-refractivity contribution in [2.45, 2.75) is 45.6 Å². The first kappa shape index (κ1) is 16.6. The maximum Gasteiger partial charge on any atom is 0.199 e. The molecule has 1 heterocycles. The SMILES string of the molecule is C=CCn1c(C)nn(CN(Cc2ccc(Br)cc2)C2CC2)c1=S. The third kappa shape index (κ3) is 4.00. The average Bonchev–Trinajstić information content (AvgIpc) is 3.33. The number of aryl methyl sites for hydroxylation is 1. The van der Waals surface area contributed by atoms with Gasteiger partial charge in [-0.3, -0.25) is 4.90 Å². The molecule has 0 bridgehead atoms. The van der Waals surface area contributed by atoms with Crippen LogP contribution in [0.2, 0.25) is 0 Å². The van der Waals surface area contributed by atoms with Gasteiger partial charge in [-0.05, 0) is 49.7 Å². The molecule has 6 heteroatoms. The highest BCUT2D eigenvalue weighted by Crippen LogP contribution is 2.29. The second-order valence-corrected chi connectivity index (χ2v) is 7.26. The fourth-order valence-corrected chi connectivity index (χ4v) is 3.28. The molecule has 1 fully saturated rings. The highest BCUT2D eigenvalue weighted by Gasteiger charge is 2.29. The summed E-state index contributed by atoms with van der Waals surface area (Å²) in [6.45, 7) is 8.16. The summed E-state index contributed by atoms with van der Waals surface area (Å²) in [6, 6.07) is 9.16. The van der Waals surface area contributed by atoms with Crippen molar-refractivity contribution < 1.29 is 0 Å². The molecule has 0 radical (unpaired) electrons. The first-order chi connectivity index (χ1) is 11.1. The van der Waals surface area contributed by atoms with Crippen LogP contribution in [0.4, 0.5) is 0 Å². The van der Waals surface area contributed by atoms with Gasteiger partial charge in [-0.25, -0.2) is 4.68 Å². The lowest BCUT2D eigenvalue weighted by Crippen LogP contribution is -2.29. The molecule has 1 aliphatic rings. The summed E-state index contributed by atoms with van der Waals surface area (Å²) >= 11 is 9.06. The molecule has 2 aromatic rings. The molecule has 4 nitrogen and oxygen atoms in total. The van der Waals surface area contributed by atoms with E-state index in [-0.39, 0.29) is 0 Å². The van der Waals surface area contributed by atoms with Crippen molar-refractivity contribution >= 4 is 28.1 Å². The number of aromatic nitrogens is 3. The highest BCUT2D eigenvalue weighted by molar-refractivity contribution is 9.10. The van der Waals surface area contributed by atoms with Crippen molar-refractivity contribution in [3.8, 4) is 0 Å². The fourth-order valence-electron chi connectivity index (χ4n) is 2.71. The van der Waals surface area contributed by atoms with Crippen LogP contribution in [0.1, 0.15) is 24.2 Å². The third-order valence-electron chi connectivity index (χ3n) is 4.10. The minimum atomic E-state index is 0.644. The van der Waals surface area contributed by atoms with E-state index < -0.39 is 0 Å². The number of nitrogens with zero attached hydrogens (tertiary/aromatic N) is 4. The first-order valence-corrected chi connectivity index (χ1v) is 9.02. The quantitative estimate of drug-likeness (QED) is 0.519. The van der Waals surface area contributed by atoms with E-state index in [1.807, 2.05) is 22.2 Å². The molecule has 1 saturated carbocycles. The summed E-state index contributed by atoms with van der Waals surface area (Å²) in [7, 11) is 0. The maximum absolute atomic E-state index is 5.57. The van der Waals surface area contributed by atoms with Gasteiger partial charge >= 0.3 is 0 Å². The van der Waals surface area contributed by atoms with Crippen molar-refractivity contribution in [2.24, 2.45) is 0 Å². The predicted octanol–water partition coefficient (Wildman–Crippen LogP) is 4.29. The van der Waals surface area contributed by atoms with Crippen LogP contribution >= 0.6 is 28.1 Å². The van der Waals surface area contributed by atoms with E-state index in [1.165, 1.54) is 18.4 Å². The Hall–Kier alpha value is -1.24. The fraction of sp³-hybridized carbons (Fsp3) is 0.412. The van der Waals surface area contributed by atoms with E-state index in [0.29, 0.717) is 12.6 Å². The van der Waals surface area contributed by atoms with Gasteiger partial charge in [0.1, 0.15) is 5.82 Å². The molecule has 0 saturated heterocycles. The van der Waals surface area contributed by atoms with Gasteiger partial charge in [-0.1, -0.05) is 34.1 Å². The summed E-state index contributed by atoms with van der Waals surface area (Å²) in [4.78, 5) is 2.46. The topological polar surface area (TPSA) is 26.0 Å². The third-order valence-corrected chi connectivity index (χ3v) is 5.06. The lowest BCUT2D eigenvalue weighted by Gasteiger charge is -2.21. The largest absolute Gasteiger partial charge is 0.300 e. The Morgan fingerprint density at radius 3 is 2.70 bits per heavy atom. The smallest absolute Gasteiger partial charge is 0.199 e. The van der Waals surface area contributed by atoms with E-state index in [9.17, 15) is 0 Å². The molecule has 1 aliphatic carbocycles. The van der Waals surface area contributed by atoms with Crippen LogP contribution < -0.4 is 0 Å². The summed E-state index contributed by atoms with van der Waals surface area (Å²) in [6.07, 6.45) is 4.38. The van der Waals surface area contributed by atoms with Crippen LogP contribution in [-0.2, 0) is 19.8 Å². The molecule has 23 heavy (non-hydrogen) atoms. The second kappa shape index (κ2) is 7.11.